The van der Waals surface area contributed by atoms with Crippen LogP contribution in [0.2, 0.25) is 0 Å². The Bertz CT molecular complexity index is 679. The number of nitrogens with one attached hydrogen (secondary N) is 1. The standard InChI is InChI=1S/C16H16FNO3S/c1-3-21-16(20)13-8-10(2)22-15(13)18-14(19)9-11-4-6-12(17)7-5-11/h4-8H,3,9H2,1-2H3,(H,18,19). The van der Waals surface area contributed by atoms with E-state index in [9.17, 15) is 14.0 Å². The minimum atomic E-state index is -0.455. The van der Waals surface area contributed by atoms with E-state index in [2.05, 4.69) is 5.32 Å². The molecule has 4 nitrogen and oxygen atoms in total. The normalized spacial score (nSPS) is 10.3. The number of carbonyl (C=O) groups is 2. The first kappa shape index (κ1) is 16.2. The largest absolute Gasteiger partial charge is 0.462 e. The molecule has 2 rings (SSSR count). The van der Waals surface area contributed by atoms with E-state index < -0.39 is 5.97 Å². The van der Waals surface area contributed by atoms with Gasteiger partial charge in [0.15, 0.2) is 0 Å². The van der Waals surface area contributed by atoms with E-state index in [0.717, 1.165) is 4.88 Å². The van der Waals surface area contributed by atoms with Crippen molar-refractivity contribution in [2.75, 3.05) is 11.9 Å². The molecular weight excluding hydrogens is 305 g/mol. The second-order valence-electron chi connectivity index (χ2n) is 4.67. The van der Waals surface area contributed by atoms with Crippen molar-refractivity contribution in [1.29, 1.82) is 0 Å². The summed E-state index contributed by atoms with van der Waals surface area (Å²) in [5, 5.41) is 3.19. The molecule has 0 atom stereocenters. The first-order chi connectivity index (χ1) is 10.5. The molecule has 1 aromatic carbocycles. The van der Waals surface area contributed by atoms with Crippen LogP contribution in [0.4, 0.5) is 9.39 Å². The minimum absolute atomic E-state index is 0.111. The van der Waals surface area contributed by atoms with Gasteiger partial charge in [0.2, 0.25) is 5.91 Å². The average Bonchev–Trinajstić information content (AvgIpc) is 2.82. The Kier molecular flexibility index (Phi) is 5.27. The molecule has 0 unspecified atom stereocenters. The maximum atomic E-state index is 12.8. The number of anilines is 1. The third kappa shape index (κ3) is 4.14. The molecule has 1 N–H and O–H groups in total. The van der Waals surface area contributed by atoms with Crippen molar-refractivity contribution < 1.29 is 18.7 Å². The fraction of sp³-hybridized carbons (Fsp3) is 0.250. The van der Waals surface area contributed by atoms with Gasteiger partial charge in [-0.05, 0) is 37.6 Å². The van der Waals surface area contributed by atoms with Gasteiger partial charge in [-0.3, -0.25) is 4.79 Å². The van der Waals surface area contributed by atoms with E-state index in [1.807, 2.05) is 6.92 Å². The molecule has 1 heterocycles. The lowest BCUT2D eigenvalue weighted by Gasteiger charge is -2.06. The zero-order valence-electron chi connectivity index (χ0n) is 12.3. The molecule has 2 aromatic rings. The number of esters is 1. The fourth-order valence-corrected chi connectivity index (χ4v) is 2.84. The first-order valence-corrected chi connectivity index (χ1v) is 7.63. The van der Waals surface area contributed by atoms with Crippen LogP contribution in [0.3, 0.4) is 0 Å². The Morgan fingerprint density at radius 3 is 2.59 bits per heavy atom. The molecule has 116 valence electrons. The Hall–Kier alpha value is -2.21. The minimum Gasteiger partial charge on any atom is -0.462 e. The van der Waals surface area contributed by atoms with Crippen molar-refractivity contribution in [3.63, 3.8) is 0 Å². The molecule has 0 radical (unpaired) electrons. The zero-order chi connectivity index (χ0) is 16.1. The lowest BCUT2D eigenvalue weighted by molar-refractivity contribution is -0.115. The molecule has 6 heteroatoms. The fourth-order valence-electron chi connectivity index (χ4n) is 1.93. The number of aryl methyl sites for hydroxylation is 1. The zero-order valence-corrected chi connectivity index (χ0v) is 13.1. The van der Waals surface area contributed by atoms with Crippen molar-refractivity contribution >= 4 is 28.2 Å². The lowest BCUT2D eigenvalue weighted by atomic mass is 10.1. The number of ether oxygens (including phenoxy) is 1. The Labute approximate surface area is 131 Å². The SMILES string of the molecule is CCOC(=O)c1cc(C)sc1NC(=O)Cc1ccc(F)cc1. The van der Waals surface area contributed by atoms with Gasteiger partial charge in [-0.1, -0.05) is 12.1 Å². The highest BCUT2D eigenvalue weighted by Gasteiger charge is 2.17. The number of halogens is 1. The lowest BCUT2D eigenvalue weighted by Crippen LogP contribution is -2.16. The van der Waals surface area contributed by atoms with Gasteiger partial charge in [0.25, 0.3) is 0 Å². The maximum absolute atomic E-state index is 12.8. The van der Waals surface area contributed by atoms with Crippen LogP contribution in [-0.2, 0) is 16.0 Å². The molecule has 0 aliphatic carbocycles. The van der Waals surface area contributed by atoms with Crippen LogP contribution in [0, 0.1) is 12.7 Å². The number of carbonyl (C=O) groups excluding carboxylic acids is 2. The van der Waals surface area contributed by atoms with Crippen LogP contribution in [0.5, 0.6) is 0 Å². The van der Waals surface area contributed by atoms with E-state index in [1.165, 1.54) is 23.5 Å². The van der Waals surface area contributed by atoms with Gasteiger partial charge in [-0.2, -0.15) is 0 Å². The molecule has 0 fully saturated rings. The summed E-state index contributed by atoms with van der Waals surface area (Å²) >= 11 is 1.32. The second-order valence-corrected chi connectivity index (χ2v) is 5.93. The average molecular weight is 321 g/mol. The highest BCUT2D eigenvalue weighted by molar-refractivity contribution is 7.16. The number of thiophene rings is 1. The summed E-state index contributed by atoms with van der Waals surface area (Å²) in [4.78, 5) is 24.8. The summed E-state index contributed by atoms with van der Waals surface area (Å²) < 4.78 is 17.8. The second kappa shape index (κ2) is 7.17. The first-order valence-electron chi connectivity index (χ1n) is 6.81. The van der Waals surface area contributed by atoms with Gasteiger partial charge in [0, 0.05) is 4.88 Å². The van der Waals surface area contributed by atoms with Crippen LogP contribution in [0.15, 0.2) is 30.3 Å². The summed E-state index contributed by atoms with van der Waals surface area (Å²) in [5.41, 5.74) is 1.06. The van der Waals surface area contributed by atoms with Crippen molar-refractivity contribution in [3.05, 3.63) is 52.2 Å². The summed E-state index contributed by atoms with van der Waals surface area (Å²) in [6.07, 6.45) is 0.111. The summed E-state index contributed by atoms with van der Waals surface area (Å²) in [7, 11) is 0. The summed E-state index contributed by atoms with van der Waals surface area (Å²) in [5.74, 6) is -1.06. The van der Waals surface area contributed by atoms with Crippen LogP contribution in [-0.4, -0.2) is 18.5 Å². The molecule has 1 aromatic heterocycles. The Morgan fingerprint density at radius 2 is 1.95 bits per heavy atom. The topological polar surface area (TPSA) is 55.4 Å². The van der Waals surface area contributed by atoms with Crippen molar-refractivity contribution in [2.45, 2.75) is 20.3 Å². The number of rotatable bonds is 5. The van der Waals surface area contributed by atoms with E-state index in [1.54, 1.807) is 25.1 Å². The number of amides is 1. The maximum Gasteiger partial charge on any atom is 0.341 e. The molecule has 0 aliphatic rings. The Balaban J connectivity index is 2.08. The van der Waals surface area contributed by atoms with Gasteiger partial charge < -0.3 is 10.1 Å². The third-order valence-corrected chi connectivity index (χ3v) is 3.85. The van der Waals surface area contributed by atoms with Crippen molar-refractivity contribution in [1.82, 2.24) is 0 Å². The van der Waals surface area contributed by atoms with Crippen LogP contribution in [0.25, 0.3) is 0 Å². The number of hydrogen-bond donors (Lipinski definition) is 1. The van der Waals surface area contributed by atoms with Crippen LogP contribution < -0.4 is 5.32 Å². The third-order valence-electron chi connectivity index (χ3n) is 2.88. The monoisotopic (exact) mass is 321 g/mol. The predicted molar refractivity (Wildman–Crippen MR) is 83.7 cm³/mol. The van der Waals surface area contributed by atoms with Gasteiger partial charge in [-0.15, -0.1) is 11.3 Å². The highest BCUT2D eigenvalue weighted by atomic mass is 32.1. The van der Waals surface area contributed by atoms with Gasteiger partial charge in [-0.25, -0.2) is 9.18 Å². The van der Waals surface area contributed by atoms with E-state index in [0.29, 0.717) is 16.1 Å². The highest BCUT2D eigenvalue weighted by Crippen LogP contribution is 2.28. The van der Waals surface area contributed by atoms with Crippen molar-refractivity contribution in [3.8, 4) is 0 Å². The van der Waals surface area contributed by atoms with Gasteiger partial charge >= 0.3 is 5.97 Å². The van der Waals surface area contributed by atoms with E-state index in [-0.39, 0.29) is 24.8 Å². The molecule has 0 saturated heterocycles. The van der Waals surface area contributed by atoms with E-state index in [4.69, 9.17) is 4.74 Å². The van der Waals surface area contributed by atoms with Crippen LogP contribution in [0.1, 0.15) is 27.7 Å². The molecule has 22 heavy (non-hydrogen) atoms. The predicted octanol–water partition coefficient (Wildman–Crippen LogP) is 3.55. The van der Waals surface area contributed by atoms with E-state index >= 15 is 0 Å². The molecular formula is C16H16FNO3S. The summed E-state index contributed by atoms with van der Waals surface area (Å²) in [6, 6.07) is 7.42. The molecule has 1 amide bonds. The summed E-state index contributed by atoms with van der Waals surface area (Å²) in [6.45, 7) is 3.85. The molecule has 0 bridgehead atoms. The Morgan fingerprint density at radius 1 is 1.27 bits per heavy atom. The molecule has 0 aliphatic heterocycles. The smallest absolute Gasteiger partial charge is 0.341 e. The van der Waals surface area contributed by atoms with Crippen molar-refractivity contribution in [2.24, 2.45) is 0 Å². The van der Waals surface area contributed by atoms with Crippen LogP contribution >= 0.6 is 11.3 Å². The van der Waals surface area contributed by atoms with Gasteiger partial charge in [0.1, 0.15) is 10.8 Å². The number of hydrogen-bond acceptors (Lipinski definition) is 4. The number of benzene rings is 1. The van der Waals surface area contributed by atoms with Gasteiger partial charge in [0.05, 0.1) is 18.6 Å². The quantitative estimate of drug-likeness (QED) is 0.857. The molecule has 0 spiro atoms. The molecule has 0 saturated carbocycles.